The molecule has 4 heterocycles. The first-order valence-electron chi connectivity index (χ1n) is 12.1. The van der Waals surface area contributed by atoms with E-state index in [9.17, 15) is 8.78 Å². The van der Waals surface area contributed by atoms with Gasteiger partial charge in [-0.1, -0.05) is 6.07 Å². The van der Waals surface area contributed by atoms with Gasteiger partial charge in [0.15, 0.2) is 5.84 Å². The van der Waals surface area contributed by atoms with Crippen LogP contribution in [-0.4, -0.2) is 68.0 Å². The lowest BCUT2D eigenvalue weighted by atomic mass is 9.87. The predicted molar refractivity (Wildman–Crippen MR) is 141 cm³/mol. The maximum absolute atomic E-state index is 14.4. The molecule has 0 unspecified atom stereocenters. The molecule has 1 aromatic carbocycles. The van der Waals surface area contributed by atoms with E-state index in [4.69, 9.17) is 11.1 Å². The van der Waals surface area contributed by atoms with Crippen molar-refractivity contribution in [2.75, 3.05) is 31.1 Å². The standard InChI is InChI=1S/C26H28F2N10/c1-26(30,21-4-3-20(27)10-22(21)28)19-13-32-25(33-14-19)38-7-5-37(6-8-38)24(34-16-29)23-9-17(11-31-23)18-12-35-36(2)15-18/h3-4,9-16,29,31H,5-8,30H2,1-2H3/b29-16?,34-24+/t26-/m0/s1. The van der Waals surface area contributed by atoms with Crippen LogP contribution in [0.5, 0.6) is 0 Å². The number of piperazine rings is 1. The van der Waals surface area contributed by atoms with Crippen molar-refractivity contribution < 1.29 is 8.78 Å². The van der Waals surface area contributed by atoms with Crippen molar-refractivity contribution in [3.63, 3.8) is 0 Å². The molecule has 0 bridgehead atoms. The molecule has 38 heavy (non-hydrogen) atoms. The molecule has 10 nitrogen and oxygen atoms in total. The van der Waals surface area contributed by atoms with Gasteiger partial charge < -0.3 is 20.5 Å². The fourth-order valence-corrected chi connectivity index (χ4v) is 4.58. The van der Waals surface area contributed by atoms with E-state index in [-0.39, 0.29) is 5.56 Å². The number of rotatable bonds is 6. The highest BCUT2D eigenvalue weighted by Gasteiger charge is 2.29. The number of aryl methyl sites for hydroxylation is 1. The number of nitrogens with zero attached hydrogens (tertiary/aromatic N) is 7. The van der Waals surface area contributed by atoms with Crippen LogP contribution in [0, 0.1) is 17.0 Å². The normalized spacial score (nSPS) is 16.0. The lowest BCUT2D eigenvalue weighted by Gasteiger charge is -2.36. The molecule has 0 radical (unpaired) electrons. The fraction of sp³-hybridized carbons (Fsp3) is 0.269. The summed E-state index contributed by atoms with van der Waals surface area (Å²) in [5.41, 5.74) is 8.67. The van der Waals surface area contributed by atoms with E-state index in [0.717, 1.165) is 29.2 Å². The molecule has 12 heteroatoms. The van der Waals surface area contributed by atoms with Crippen LogP contribution < -0.4 is 10.6 Å². The largest absolute Gasteiger partial charge is 0.358 e. The van der Waals surface area contributed by atoms with Gasteiger partial charge in [-0.15, -0.1) is 0 Å². The summed E-state index contributed by atoms with van der Waals surface area (Å²) in [5, 5.41) is 11.8. The van der Waals surface area contributed by atoms with Crippen LogP contribution >= 0.6 is 0 Å². The number of nitrogens with two attached hydrogens (primary N) is 1. The maximum atomic E-state index is 14.4. The Bertz CT molecular complexity index is 1460. The van der Waals surface area contributed by atoms with Crippen LogP contribution in [0.25, 0.3) is 11.1 Å². The summed E-state index contributed by atoms with van der Waals surface area (Å²) < 4.78 is 29.5. The Morgan fingerprint density at radius 1 is 1.11 bits per heavy atom. The van der Waals surface area contributed by atoms with Crippen molar-refractivity contribution in [1.82, 2.24) is 29.6 Å². The maximum Gasteiger partial charge on any atom is 0.225 e. The van der Waals surface area contributed by atoms with Crippen LogP contribution in [0.4, 0.5) is 14.7 Å². The van der Waals surface area contributed by atoms with Crippen molar-refractivity contribution in [3.8, 4) is 11.1 Å². The summed E-state index contributed by atoms with van der Waals surface area (Å²) >= 11 is 0. The van der Waals surface area contributed by atoms with E-state index in [1.165, 1.54) is 12.1 Å². The molecule has 0 aliphatic carbocycles. The van der Waals surface area contributed by atoms with Gasteiger partial charge in [0.2, 0.25) is 5.95 Å². The summed E-state index contributed by atoms with van der Waals surface area (Å²) in [5.74, 6) is -0.154. The molecule has 1 fully saturated rings. The van der Waals surface area contributed by atoms with E-state index < -0.39 is 17.2 Å². The summed E-state index contributed by atoms with van der Waals surface area (Å²) in [4.78, 5) is 20.7. The van der Waals surface area contributed by atoms with Crippen molar-refractivity contribution in [2.45, 2.75) is 12.5 Å². The number of H-pyrrole nitrogens is 1. The number of nitrogens with one attached hydrogen (secondary N) is 2. The molecule has 1 saturated heterocycles. The highest BCUT2D eigenvalue weighted by molar-refractivity contribution is 6.01. The monoisotopic (exact) mass is 518 g/mol. The topological polar surface area (TPSA) is 128 Å². The lowest BCUT2D eigenvalue weighted by molar-refractivity contribution is 0.383. The van der Waals surface area contributed by atoms with Gasteiger partial charge in [-0.05, 0) is 19.1 Å². The molecule has 4 N–H and O–H groups in total. The number of anilines is 1. The Labute approximate surface area is 218 Å². The Morgan fingerprint density at radius 3 is 2.47 bits per heavy atom. The number of aromatic nitrogens is 5. The average molecular weight is 519 g/mol. The number of aliphatic imine (C=N–C) groups is 1. The second-order valence-electron chi connectivity index (χ2n) is 9.36. The first kappa shape index (κ1) is 25.2. The van der Waals surface area contributed by atoms with E-state index in [1.807, 2.05) is 30.4 Å². The minimum atomic E-state index is -1.22. The number of amidine groups is 1. The van der Waals surface area contributed by atoms with Crippen LogP contribution in [0.2, 0.25) is 0 Å². The van der Waals surface area contributed by atoms with Crippen molar-refractivity contribution in [2.24, 2.45) is 17.8 Å². The van der Waals surface area contributed by atoms with Gasteiger partial charge in [-0.2, -0.15) is 5.10 Å². The molecular formula is C26H28F2N10. The van der Waals surface area contributed by atoms with Crippen molar-refractivity contribution in [3.05, 3.63) is 83.7 Å². The zero-order chi connectivity index (χ0) is 26.9. The van der Waals surface area contributed by atoms with Gasteiger partial charge >= 0.3 is 0 Å². The van der Waals surface area contributed by atoms with Gasteiger partial charge in [0.05, 0.1) is 17.4 Å². The van der Waals surface area contributed by atoms with Crippen molar-refractivity contribution in [1.29, 1.82) is 5.41 Å². The highest BCUT2D eigenvalue weighted by Crippen LogP contribution is 2.29. The Kier molecular flexibility index (Phi) is 6.72. The molecule has 0 saturated carbocycles. The molecular weight excluding hydrogens is 490 g/mol. The average Bonchev–Trinajstić information content (AvgIpc) is 3.56. The van der Waals surface area contributed by atoms with Crippen LogP contribution in [-0.2, 0) is 12.6 Å². The molecule has 3 aromatic heterocycles. The fourth-order valence-electron chi connectivity index (χ4n) is 4.58. The first-order chi connectivity index (χ1) is 18.3. The number of halogens is 2. The molecule has 1 aliphatic heterocycles. The third kappa shape index (κ3) is 4.90. The molecule has 196 valence electrons. The second kappa shape index (κ2) is 10.1. The van der Waals surface area contributed by atoms with Gasteiger partial charge in [-0.25, -0.2) is 23.7 Å². The van der Waals surface area contributed by atoms with Gasteiger partial charge in [0.1, 0.15) is 18.0 Å². The number of hydrogen-bond donors (Lipinski definition) is 3. The minimum absolute atomic E-state index is 0.165. The Balaban J connectivity index is 1.27. The Hall–Kier alpha value is -4.45. The molecule has 0 spiro atoms. The summed E-state index contributed by atoms with van der Waals surface area (Å²) in [6.45, 7) is 4.21. The lowest BCUT2D eigenvalue weighted by Crippen LogP contribution is -2.49. The molecule has 4 aromatic rings. The molecule has 1 atom stereocenters. The molecule has 0 amide bonds. The second-order valence-corrected chi connectivity index (χ2v) is 9.36. The third-order valence-corrected chi connectivity index (χ3v) is 6.74. The molecule has 5 rings (SSSR count). The summed E-state index contributed by atoms with van der Waals surface area (Å²) in [7, 11) is 1.87. The van der Waals surface area contributed by atoms with E-state index in [1.54, 1.807) is 30.2 Å². The first-order valence-corrected chi connectivity index (χ1v) is 12.1. The quantitative estimate of drug-likeness (QED) is 0.266. The van der Waals surface area contributed by atoms with Gasteiger partial charge in [0.25, 0.3) is 0 Å². The number of benzene rings is 1. The SMILES string of the molecule is Cn1cc(-c2c[nH]c(/C(=N\C=N)N3CCN(c4ncc([C@](C)(N)c5ccc(F)cc5F)cn4)CC3)c2)cn1. The van der Waals surface area contributed by atoms with E-state index >= 15 is 0 Å². The van der Waals surface area contributed by atoms with Crippen LogP contribution in [0.15, 0.2) is 60.2 Å². The summed E-state index contributed by atoms with van der Waals surface area (Å²) in [6, 6.07) is 5.34. The number of hydrogen-bond acceptors (Lipinski definition) is 6. The van der Waals surface area contributed by atoms with Crippen LogP contribution in [0.1, 0.15) is 23.7 Å². The van der Waals surface area contributed by atoms with Crippen LogP contribution in [0.3, 0.4) is 0 Å². The zero-order valence-corrected chi connectivity index (χ0v) is 21.1. The Morgan fingerprint density at radius 2 is 1.84 bits per heavy atom. The van der Waals surface area contributed by atoms with Gasteiger partial charge in [0, 0.05) is 86.3 Å². The highest BCUT2D eigenvalue weighted by atomic mass is 19.1. The van der Waals surface area contributed by atoms with Crippen molar-refractivity contribution >= 4 is 18.1 Å². The third-order valence-electron chi connectivity index (χ3n) is 6.74. The summed E-state index contributed by atoms with van der Waals surface area (Å²) in [6.07, 6.45) is 9.85. The zero-order valence-electron chi connectivity index (χ0n) is 21.1. The molecule has 1 aliphatic rings. The minimum Gasteiger partial charge on any atom is -0.358 e. The van der Waals surface area contributed by atoms with E-state index in [2.05, 4.69) is 29.9 Å². The smallest absolute Gasteiger partial charge is 0.225 e. The number of aromatic amines is 1. The predicted octanol–water partition coefficient (Wildman–Crippen LogP) is 2.88. The van der Waals surface area contributed by atoms with Gasteiger partial charge in [-0.3, -0.25) is 10.1 Å². The van der Waals surface area contributed by atoms with E-state index in [0.29, 0.717) is 43.5 Å².